The lowest BCUT2D eigenvalue weighted by Crippen LogP contribution is -2.51. The summed E-state index contributed by atoms with van der Waals surface area (Å²) in [6.07, 6.45) is -9.03. The minimum Gasteiger partial charge on any atom is -0.391 e. The number of aliphatic hydroxyl groups is 6. The Balaban J connectivity index is 4.30. The topological polar surface area (TPSA) is 121 Å². The van der Waals surface area contributed by atoms with Gasteiger partial charge in [-0.2, -0.15) is 0 Å². The minimum absolute atomic E-state index is 1.23. The van der Waals surface area contributed by atoms with Crippen LogP contribution in [-0.2, 0) is 0 Å². The molecule has 0 aromatic rings. The van der Waals surface area contributed by atoms with E-state index in [4.69, 9.17) is 20.4 Å². The second-order valence-corrected chi connectivity index (χ2v) is 3.44. The molecule has 0 bridgehead atoms. The summed E-state index contributed by atoms with van der Waals surface area (Å²) in [5, 5.41) is 54.6. The van der Waals surface area contributed by atoms with Crippen molar-refractivity contribution >= 4 is 0 Å². The molecule has 0 aromatic heterocycles. The fourth-order valence-electron chi connectivity index (χ4n) is 0.975. The Morgan fingerprint density at radius 1 is 0.500 bits per heavy atom. The molecule has 0 aromatic carbocycles. The van der Waals surface area contributed by atoms with Crippen molar-refractivity contribution in [2.75, 3.05) is 0 Å². The smallest absolute Gasteiger partial charge is 0.111 e. The zero-order valence-electron chi connectivity index (χ0n) is 8.15. The van der Waals surface area contributed by atoms with Crippen LogP contribution in [0, 0.1) is 0 Å². The molecular formula is C8H18O6. The zero-order chi connectivity index (χ0) is 11.5. The fraction of sp³-hybridized carbons (Fsp3) is 1.00. The van der Waals surface area contributed by atoms with E-state index in [2.05, 4.69) is 0 Å². The van der Waals surface area contributed by atoms with Gasteiger partial charge in [0.1, 0.15) is 24.4 Å². The summed E-state index contributed by atoms with van der Waals surface area (Å²) in [7, 11) is 0. The number of aliphatic hydroxyl groups excluding tert-OH is 6. The van der Waals surface area contributed by atoms with Gasteiger partial charge in [0.25, 0.3) is 0 Å². The molecule has 0 aliphatic heterocycles. The lowest BCUT2D eigenvalue weighted by atomic mass is 9.97. The van der Waals surface area contributed by atoms with Crippen molar-refractivity contribution in [3.63, 3.8) is 0 Å². The average molecular weight is 210 g/mol. The second kappa shape index (κ2) is 5.59. The second-order valence-electron chi connectivity index (χ2n) is 3.44. The van der Waals surface area contributed by atoms with E-state index in [0.29, 0.717) is 0 Å². The molecule has 0 aliphatic rings. The Kier molecular flexibility index (Phi) is 5.50. The summed E-state index contributed by atoms with van der Waals surface area (Å²) in [5.74, 6) is 0. The van der Waals surface area contributed by atoms with Gasteiger partial charge >= 0.3 is 0 Å². The normalized spacial score (nSPS) is 24.9. The number of hydrogen-bond donors (Lipinski definition) is 6. The van der Waals surface area contributed by atoms with Crippen LogP contribution in [0.25, 0.3) is 0 Å². The van der Waals surface area contributed by atoms with Crippen molar-refractivity contribution < 1.29 is 30.6 Å². The SMILES string of the molecule is C[C@H](O)C(O)C(O)C(O)C(O)[C@@H](C)O. The van der Waals surface area contributed by atoms with Crippen LogP contribution in [0.5, 0.6) is 0 Å². The standard InChI is InChI=1S/C8H18O6/c1-3(9)5(11)7(13)8(14)6(12)4(2)10/h3-14H,1-2H3/t3-,4+,5?,6?,7?,8?. The summed E-state index contributed by atoms with van der Waals surface area (Å²) in [4.78, 5) is 0. The molecule has 6 N–H and O–H groups in total. The molecule has 0 saturated heterocycles. The first-order valence-electron chi connectivity index (χ1n) is 4.37. The Bertz CT molecular complexity index is 142. The van der Waals surface area contributed by atoms with E-state index in [1.54, 1.807) is 0 Å². The first kappa shape index (κ1) is 13.8. The van der Waals surface area contributed by atoms with Crippen molar-refractivity contribution in [1.82, 2.24) is 0 Å². The maximum atomic E-state index is 9.24. The molecule has 0 fully saturated rings. The average Bonchev–Trinajstić information content (AvgIpc) is 2.12. The summed E-state index contributed by atoms with van der Waals surface area (Å²) < 4.78 is 0. The molecule has 0 radical (unpaired) electrons. The monoisotopic (exact) mass is 210 g/mol. The molecule has 4 unspecified atom stereocenters. The molecular weight excluding hydrogens is 192 g/mol. The van der Waals surface area contributed by atoms with E-state index in [1.807, 2.05) is 0 Å². The van der Waals surface area contributed by atoms with Crippen LogP contribution in [0.3, 0.4) is 0 Å². The molecule has 6 atom stereocenters. The van der Waals surface area contributed by atoms with Gasteiger partial charge in [-0.1, -0.05) is 0 Å². The Morgan fingerprint density at radius 3 is 0.857 bits per heavy atom. The van der Waals surface area contributed by atoms with Crippen LogP contribution in [0.4, 0.5) is 0 Å². The lowest BCUT2D eigenvalue weighted by Gasteiger charge is -2.28. The van der Waals surface area contributed by atoms with Gasteiger partial charge in [-0.25, -0.2) is 0 Å². The summed E-state index contributed by atoms with van der Waals surface area (Å²) in [5.41, 5.74) is 0. The highest BCUT2D eigenvalue weighted by Gasteiger charge is 2.34. The van der Waals surface area contributed by atoms with Crippen molar-refractivity contribution in [2.24, 2.45) is 0 Å². The van der Waals surface area contributed by atoms with Gasteiger partial charge in [-0.05, 0) is 13.8 Å². The highest BCUT2D eigenvalue weighted by Crippen LogP contribution is 2.10. The Morgan fingerprint density at radius 2 is 0.714 bits per heavy atom. The van der Waals surface area contributed by atoms with Gasteiger partial charge in [0.05, 0.1) is 12.2 Å². The summed E-state index contributed by atoms with van der Waals surface area (Å²) in [6.45, 7) is 2.46. The van der Waals surface area contributed by atoms with Crippen molar-refractivity contribution in [3.05, 3.63) is 0 Å². The third-order valence-electron chi connectivity index (χ3n) is 2.04. The largest absolute Gasteiger partial charge is 0.391 e. The van der Waals surface area contributed by atoms with Crippen LogP contribution >= 0.6 is 0 Å². The molecule has 0 saturated carbocycles. The van der Waals surface area contributed by atoms with E-state index in [9.17, 15) is 10.2 Å². The molecule has 86 valence electrons. The lowest BCUT2D eigenvalue weighted by molar-refractivity contribution is -0.148. The van der Waals surface area contributed by atoms with Gasteiger partial charge in [-0.3, -0.25) is 0 Å². The Labute approximate surface area is 82.1 Å². The molecule has 6 heteroatoms. The van der Waals surface area contributed by atoms with Gasteiger partial charge in [0, 0.05) is 0 Å². The quantitative estimate of drug-likeness (QED) is 0.291. The van der Waals surface area contributed by atoms with Crippen LogP contribution in [-0.4, -0.2) is 67.3 Å². The van der Waals surface area contributed by atoms with E-state index in [1.165, 1.54) is 13.8 Å². The maximum absolute atomic E-state index is 9.24. The van der Waals surface area contributed by atoms with Crippen molar-refractivity contribution in [3.8, 4) is 0 Å². The van der Waals surface area contributed by atoms with Crippen molar-refractivity contribution in [2.45, 2.75) is 50.5 Å². The van der Waals surface area contributed by atoms with E-state index >= 15 is 0 Å². The highest BCUT2D eigenvalue weighted by atomic mass is 16.4. The van der Waals surface area contributed by atoms with Crippen LogP contribution < -0.4 is 0 Å². The van der Waals surface area contributed by atoms with Gasteiger partial charge < -0.3 is 30.6 Å². The van der Waals surface area contributed by atoms with E-state index < -0.39 is 36.6 Å². The summed E-state index contributed by atoms with van der Waals surface area (Å²) in [6, 6.07) is 0. The third kappa shape index (κ3) is 3.49. The third-order valence-corrected chi connectivity index (χ3v) is 2.04. The molecule has 6 nitrogen and oxygen atoms in total. The number of hydrogen-bond acceptors (Lipinski definition) is 6. The molecule has 0 aliphatic carbocycles. The number of rotatable bonds is 5. The van der Waals surface area contributed by atoms with Gasteiger partial charge in [0.15, 0.2) is 0 Å². The predicted molar refractivity (Wildman–Crippen MR) is 47.4 cm³/mol. The summed E-state index contributed by atoms with van der Waals surface area (Å²) >= 11 is 0. The van der Waals surface area contributed by atoms with E-state index in [0.717, 1.165) is 0 Å². The molecule has 0 rings (SSSR count). The van der Waals surface area contributed by atoms with Crippen LogP contribution in [0.15, 0.2) is 0 Å². The molecule has 0 spiro atoms. The van der Waals surface area contributed by atoms with Gasteiger partial charge in [0.2, 0.25) is 0 Å². The van der Waals surface area contributed by atoms with Crippen LogP contribution in [0.2, 0.25) is 0 Å². The first-order valence-corrected chi connectivity index (χ1v) is 4.37. The van der Waals surface area contributed by atoms with E-state index in [-0.39, 0.29) is 0 Å². The molecule has 14 heavy (non-hydrogen) atoms. The fourth-order valence-corrected chi connectivity index (χ4v) is 0.975. The first-order chi connectivity index (χ1) is 6.29. The minimum atomic E-state index is -1.71. The highest BCUT2D eigenvalue weighted by molar-refractivity contribution is 4.85. The predicted octanol–water partition coefficient (Wildman–Crippen LogP) is -2.81. The van der Waals surface area contributed by atoms with Crippen LogP contribution in [0.1, 0.15) is 13.8 Å². The van der Waals surface area contributed by atoms with Crippen molar-refractivity contribution in [1.29, 1.82) is 0 Å². The Hall–Kier alpha value is -0.240. The zero-order valence-corrected chi connectivity index (χ0v) is 8.15. The molecule has 0 heterocycles. The van der Waals surface area contributed by atoms with Gasteiger partial charge in [-0.15, -0.1) is 0 Å². The maximum Gasteiger partial charge on any atom is 0.111 e. The molecule has 0 amide bonds.